The van der Waals surface area contributed by atoms with E-state index >= 15 is 0 Å². The molecule has 1 saturated carbocycles. The minimum absolute atomic E-state index is 0.371. The Bertz CT molecular complexity index is 475. The zero-order chi connectivity index (χ0) is 14.9. The number of aryl methyl sites for hydroxylation is 2. The average molecular weight is 288 g/mol. The Hall–Kier alpha value is -1.06. The molecule has 1 aliphatic heterocycles. The highest BCUT2D eigenvalue weighted by atomic mass is 16.3. The van der Waals surface area contributed by atoms with E-state index in [2.05, 4.69) is 22.3 Å². The number of aromatic hydroxyl groups is 1. The van der Waals surface area contributed by atoms with Crippen LogP contribution in [-0.2, 0) is 6.54 Å². The van der Waals surface area contributed by atoms with Crippen LogP contribution in [-0.4, -0.2) is 35.2 Å². The van der Waals surface area contributed by atoms with Gasteiger partial charge in [-0.15, -0.1) is 0 Å². The molecule has 3 rings (SSSR count). The summed E-state index contributed by atoms with van der Waals surface area (Å²) in [5.41, 5.74) is 3.71. The zero-order valence-electron chi connectivity index (χ0n) is 13.4. The largest absolute Gasteiger partial charge is 0.507 e. The van der Waals surface area contributed by atoms with Crippen molar-refractivity contribution in [3.63, 3.8) is 0 Å². The summed E-state index contributed by atoms with van der Waals surface area (Å²) in [5.74, 6) is 0.450. The maximum absolute atomic E-state index is 9.96. The topological polar surface area (TPSA) is 35.5 Å². The SMILES string of the molecule is Cc1cc(CN2CCNCC23CCCCC3)cc(C)c1O. The van der Waals surface area contributed by atoms with Gasteiger partial charge in [-0.1, -0.05) is 31.4 Å². The second kappa shape index (κ2) is 5.98. The number of rotatable bonds is 2. The van der Waals surface area contributed by atoms with Gasteiger partial charge in [0.15, 0.2) is 0 Å². The fourth-order valence-corrected chi connectivity index (χ4v) is 4.19. The van der Waals surface area contributed by atoms with Crippen LogP contribution in [0.15, 0.2) is 12.1 Å². The summed E-state index contributed by atoms with van der Waals surface area (Å²) in [6.07, 6.45) is 6.79. The first-order chi connectivity index (χ1) is 10.1. The summed E-state index contributed by atoms with van der Waals surface area (Å²) in [5, 5.41) is 13.6. The summed E-state index contributed by atoms with van der Waals surface area (Å²) in [7, 11) is 0. The van der Waals surface area contributed by atoms with Crippen LogP contribution in [0.25, 0.3) is 0 Å². The fraction of sp³-hybridized carbons (Fsp3) is 0.667. The molecule has 1 aliphatic carbocycles. The van der Waals surface area contributed by atoms with E-state index in [9.17, 15) is 5.11 Å². The Balaban J connectivity index is 1.81. The molecular weight excluding hydrogens is 260 g/mol. The van der Waals surface area contributed by atoms with E-state index in [1.165, 1.54) is 37.7 Å². The Morgan fingerprint density at radius 3 is 2.48 bits per heavy atom. The lowest BCUT2D eigenvalue weighted by Crippen LogP contribution is -2.61. The quantitative estimate of drug-likeness (QED) is 0.877. The van der Waals surface area contributed by atoms with Gasteiger partial charge in [-0.3, -0.25) is 4.90 Å². The van der Waals surface area contributed by atoms with E-state index < -0.39 is 0 Å². The van der Waals surface area contributed by atoms with Crippen molar-refractivity contribution in [1.82, 2.24) is 10.2 Å². The fourth-order valence-electron chi connectivity index (χ4n) is 4.19. The molecule has 2 N–H and O–H groups in total. The van der Waals surface area contributed by atoms with Gasteiger partial charge in [-0.2, -0.15) is 0 Å². The number of benzene rings is 1. The molecule has 1 saturated heterocycles. The van der Waals surface area contributed by atoms with Gasteiger partial charge >= 0.3 is 0 Å². The minimum atomic E-state index is 0.371. The lowest BCUT2D eigenvalue weighted by molar-refractivity contribution is 0.0208. The normalized spacial score (nSPS) is 22.6. The molecule has 116 valence electrons. The second-order valence-corrected chi connectivity index (χ2v) is 6.96. The number of piperazine rings is 1. The van der Waals surface area contributed by atoms with Crippen LogP contribution < -0.4 is 5.32 Å². The van der Waals surface area contributed by atoms with Crippen LogP contribution in [0.1, 0.15) is 48.8 Å². The Morgan fingerprint density at radius 1 is 1.14 bits per heavy atom. The number of hydrogen-bond acceptors (Lipinski definition) is 3. The maximum atomic E-state index is 9.96. The van der Waals surface area contributed by atoms with E-state index in [0.717, 1.165) is 37.3 Å². The van der Waals surface area contributed by atoms with Crippen molar-refractivity contribution in [2.24, 2.45) is 0 Å². The standard InChI is InChI=1S/C18H28N2O/c1-14-10-16(11-15(2)17(14)21)12-20-9-8-19-13-18(20)6-4-3-5-7-18/h10-11,19,21H,3-9,12-13H2,1-2H3. The van der Waals surface area contributed by atoms with Crippen LogP contribution >= 0.6 is 0 Å². The lowest BCUT2D eigenvalue weighted by Gasteiger charge is -2.50. The molecule has 3 heteroatoms. The predicted molar refractivity (Wildman–Crippen MR) is 86.7 cm³/mol. The number of phenols is 1. The molecule has 0 amide bonds. The summed E-state index contributed by atoms with van der Waals surface area (Å²) >= 11 is 0. The Morgan fingerprint density at radius 2 is 1.81 bits per heavy atom. The van der Waals surface area contributed by atoms with Gasteiger partial charge in [0.05, 0.1) is 0 Å². The van der Waals surface area contributed by atoms with Crippen molar-refractivity contribution in [2.75, 3.05) is 19.6 Å². The number of nitrogens with zero attached hydrogens (tertiary/aromatic N) is 1. The lowest BCUT2D eigenvalue weighted by atomic mass is 9.79. The Labute approximate surface area is 128 Å². The molecule has 0 aromatic heterocycles. The Kier molecular flexibility index (Phi) is 4.23. The molecule has 2 fully saturated rings. The highest BCUT2D eigenvalue weighted by Gasteiger charge is 2.39. The molecule has 0 atom stereocenters. The van der Waals surface area contributed by atoms with Crippen LogP contribution in [0, 0.1) is 13.8 Å². The average Bonchev–Trinajstić information content (AvgIpc) is 2.48. The van der Waals surface area contributed by atoms with Gasteiger partial charge in [0, 0.05) is 31.7 Å². The molecule has 21 heavy (non-hydrogen) atoms. The molecule has 0 radical (unpaired) electrons. The molecule has 1 aromatic rings. The van der Waals surface area contributed by atoms with Gasteiger partial charge in [-0.05, 0) is 43.4 Å². The smallest absolute Gasteiger partial charge is 0.121 e. The van der Waals surface area contributed by atoms with Gasteiger partial charge in [0.2, 0.25) is 0 Å². The number of hydrogen-bond donors (Lipinski definition) is 2. The monoisotopic (exact) mass is 288 g/mol. The summed E-state index contributed by atoms with van der Waals surface area (Å²) in [4.78, 5) is 2.70. The highest BCUT2D eigenvalue weighted by molar-refractivity contribution is 5.42. The van der Waals surface area contributed by atoms with Crippen molar-refractivity contribution in [2.45, 2.75) is 58.0 Å². The summed E-state index contributed by atoms with van der Waals surface area (Å²) in [6.45, 7) is 8.39. The van der Waals surface area contributed by atoms with Crippen molar-refractivity contribution in [3.05, 3.63) is 28.8 Å². The summed E-state index contributed by atoms with van der Waals surface area (Å²) in [6, 6.07) is 4.31. The third kappa shape index (κ3) is 2.95. The third-order valence-electron chi connectivity index (χ3n) is 5.39. The molecule has 0 bridgehead atoms. The van der Waals surface area contributed by atoms with E-state index in [1.807, 2.05) is 13.8 Å². The molecule has 2 aliphatic rings. The molecule has 1 spiro atoms. The van der Waals surface area contributed by atoms with Crippen LogP contribution in [0.2, 0.25) is 0 Å². The van der Waals surface area contributed by atoms with Crippen LogP contribution in [0.4, 0.5) is 0 Å². The van der Waals surface area contributed by atoms with Gasteiger partial charge in [0.25, 0.3) is 0 Å². The molecule has 1 heterocycles. The second-order valence-electron chi connectivity index (χ2n) is 6.96. The molecule has 3 nitrogen and oxygen atoms in total. The van der Waals surface area contributed by atoms with Crippen LogP contribution in [0.3, 0.4) is 0 Å². The molecular formula is C18H28N2O. The zero-order valence-corrected chi connectivity index (χ0v) is 13.4. The van der Waals surface area contributed by atoms with Crippen LogP contribution in [0.5, 0.6) is 5.75 Å². The molecule has 1 aromatic carbocycles. The first-order valence-electron chi connectivity index (χ1n) is 8.36. The van der Waals surface area contributed by atoms with Crippen molar-refractivity contribution >= 4 is 0 Å². The predicted octanol–water partition coefficient (Wildman–Crippen LogP) is 3.12. The van der Waals surface area contributed by atoms with E-state index in [4.69, 9.17) is 0 Å². The van der Waals surface area contributed by atoms with E-state index in [1.54, 1.807) is 0 Å². The molecule has 0 unspecified atom stereocenters. The van der Waals surface area contributed by atoms with Gasteiger partial charge in [-0.25, -0.2) is 0 Å². The van der Waals surface area contributed by atoms with Crippen molar-refractivity contribution in [1.29, 1.82) is 0 Å². The first kappa shape index (κ1) is 14.9. The minimum Gasteiger partial charge on any atom is -0.507 e. The number of nitrogens with one attached hydrogen (secondary N) is 1. The summed E-state index contributed by atoms with van der Waals surface area (Å²) < 4.78 is 0. The highest BCUT2D eigenvalue weighted by Crippen LogP contribution is 2.36. The van der Waals surface area contributed by atoms with Crippen molar-refractivity contribution < 1.29 is 5.11 Å². The number of phenolic OH excluding ortho intramolecular Hbond substituents is 1. The van der Waals surface area contributed by atoms with Gasteiger partial charge in [0.1, 0.15) is 5.75 Å². The van der Waals surface area contributed by atoms with Crippen molar-refractivity contribution in [3.8, 4) is 5.75 Å². The third-order valence-corrected chi connectivity index (χ3v) is 5.39. The first-order valence-corrected chi connectivity index (χ1v) is 8.36. The van der Waals surface area contributed by atoms with Gasteiger partial charge < -0.3 is 10.4 Å². The van der Waals surface area contributed by atoms with E-state index in [-0.39, 0.29) is 0 Å². The maximum Gasteiger partial charge on any atom is 0.121 e. The van der Waals surface area contributed by atoms with E-state index in [0.29, 0.717) is 11.3 Å².